The molecule has 1 aliphatic heterocycles. The number of rotatable bonds is 8. The first-order chi connectivity index (χ1) is 17.0. The molecule has 198 valence electrons. The highest BCUT2D eigenvalue weighted by Gasteiger charge is 2.41. The highest BCUT2D eigenvalue weighted by molar-refractivity contribution is 5.78. The van der Waals surface area contributed by atoms with E-state index in [1.165, 1.54) is 0 Å². The Hall–Kier alpha value is -3.30. The standard InChI is InChI=1S/C26H37N3O7/c1-18(35-23(31)20-10-11-20)21-16-28(14-15-29(21)25(33)36-26(2,3)4)22(30)12-13-27-24(32)34-17-19-8-6-5-7-9-19/h5-9,18,20-21H,10-17H2,1-4H3,(H,27,32). The quantitative estimate of drug-likeness (QED) is 0.428. The van der Waals surface area contributed by atoms with Gasteiger partial charge in [0, 0.05) is 32.6 Å². The van der Waals surface area contributed by atoms with Crippen molar-refractivity contribution < 1.29 is 33.4 Å². The maximum Gasteiger partial charge on any atom is 0.410 e. The second-order valence-electron chi connectivity index (χ2n) is 10.2. The molecule has 1 aliphatic carbocycles. The van der Waals surface area contributed by atoms with E-state index < -0.39 is 29.9 Å². The number of alkyl carbamates (subject to hydrolysis) is 1. The fourth-order valence-corrected chi connectivity index (χ4v) is 3.87. The summed E-state index contributed by atoms with van der Waals surface area (Å²) in [6.45, 7) is 8.13. The van der Waals surface area contributed by atoms with E-state index in [0.717, 1.165) is 18.4 Å². The average molecular weight is 504 g/mol. The van der Waals surface area contributed by atoms with Gasteiger partial charge in [0.1, 0.15) is 18.3 Å². The Balaban J connectivity index is 1.51. The normalized spacial score (nSPS) is 18.7. The molecule has 36 heavy (non-hydrogen) atoms. The molecule has 0 bridgehead atoms. The minimum absolute atomic E-state index is 0.0727. The van der Waals surface area contributed by atoms with E-state index in [4.69, 9.17) is 14.2 Å². The molecule has 2 aliphatic rings. The molecule has 1 saturated carbocycles. The summed E-state index contributed by atoms with van der Waals surface area (Å²) in [6, 6.07) is 8.77. The lowest BCUT2D eigenvalue weighted by molar-refractivity contribution is -0.155. The lowest BCUT2D eigenvalue weighted by atomic mass is 10.1. The van der Waals surface area contributed by atoms with Crippen LogP contribution in [0.5, 0.6) is 0 Å². The number of hydrogen-bond acceptors (Lipinski definition) is 7. The zero-order chi connectivity index (χ0) is 26.3. The van der Waals surface area contributed by atoms with E-state index in [1.807, 2.05) is 30.3 Å². The minimum Gasteiger partial charge on any atom is -0.460 e. The second-order valence-corrected chi connectivity index (χ2v) is 10.2. The Morgan fingerprint density at radius 1 is 1.08 bits per heavy atom. The van der Waals surface area contributed by atoms with Crippen LogP contribution >= 0.6 is 0 Å². The van der Waals surface area contributed by atoms with E-state index in [1.54, 1.807) is 37.5 Å². The predicted octanol–water partition coefficient (Wildman–Crippen LogP) is 3.09. The van der Waals surface area contributed by atoms with Crippen LogP contribution < -0.4 is 5.32 Å². The number of carbonyl (C=O) groups excluding carboxylic acids is 4. The van der Waals surface area contributed by atoms with Crippen molar-refractivity contribution in [2.75, 3.05) is 26.2 Å². The Morgan fingerprint density at radius 3 is 2.42 bits per heavy atom. The van der Waals surface area contributed by atoms with Crippen LogP contribution in [0.4, 0.5) is 9.59 Å². The van der Waals surface area contributed by atoms with E-state index in [0.29, 0.717) is 6.54 Å². The molecule has 1 heterocycles. The third-order valence-corrected chi connectivity index (χ3v) is 5.97. The van der Waals surface area contributed by atoms with Crippen molar-refractivity contribution >= 4 is 24.1 Å². The van der Waals surface area contributed by atoms with Crippen LogP contribution in [-0.2, 0) is 30.4 Å². The largest absolute Gasteiger partial charge is 0.460 e. The highest BCUT2D eigenvalue weighted by Crippen LogP contribution is 2.31. The van der Waals surface area contributed by atoms with Crippen LogP contribution in [0.15, 0.2) is 30.3 Å². The lowest BCUT2D eigenvalue weighted by Crippen LogP contribution is -2.61. The van der Waals surface area contributed by atoms with Gasteiger partial charge in [0.05, 0.1) is 12.0 Å². The van der Waals surface area contributed by atoms with Crippen molar-refractivity contribution in [2.24, 2.45) is 5.92 Å². The number of piperazine rings is 1. The SMILES string of the molecule is CC(OC(=O)C1CC1)C1CN(C(=O)CCNC(=O)OCc2ccccc2)CCN1C(=O)OC(C)(C)C. The second kappa shape index (κ2) is 12.1. The van der Waals surface area contributed by atoms with E-state index in [2.05, 4.69) is 5.32 Å². The van der Waals surface area contributed by atoms with Crippen LogP contribution in [0.3, 0.4) is 0 Å². The molecule has 1 aromatic carbocycles. The number of amides is 3. The summed E-state index contributed by atoms with van der Waals surface area (Å²) in [4.78, 5) is 53.1. The van der Waals surface area contributed by atoms with Crippen molar-refractivity contribution in [1.29, 1.82) is 0 Å². The molecule has 1 N–H and O–H groups in total. The first kappa shape index (κ1) is 27.3. The highest BCUT2D eigenvalue weighted by atomic mass is 16.6. The van der Waals surface area contributed by atoms with Gasteiger partial charge in [-0.3, -0.25) is 14.5 Å². The fourth-order valence-electron chi connectivity index (χ4n) is 3.87. The zero-order valence-corrected chi connectivity index (χ0v) is 21.5. The van der Waals surface area contributed by atoms with Crippen LogP contribution in [0.2, 0.25) is 0 Å². The third-order valence-electron chi connectivity index (χ3n) is 5.97. The Morgan fingerprint density at radius 2 is 1.78 bits per heavy atom. The number of esters is 1. The van der Waals surface area contributed by atoms with Gasteiger partial charge in [-0.15, -0.1) is 0 Å². The van der Waals surface area contributed by atoms with Crippen LogP contribution in [0.25, 0.3) is 0 Å². The third kappa shape index (κ3) is 8.42. The van der Waals surface area contributed by atoms with E-state index in [-0.39, 0.29) is 50.5 Å². The maximum atomic E-state index is 12.9. The smallest absolute Gasteiger partial charge is 0.410 e. The molecule has 10 heteroatoms. The molecule has 1 saturated heterocycles. The maximum absolute atomic E-state index is 12.9. The predicted molar refractivity (Wildman–Crippen MR) is 131 cm³/mol. The summed E-state index contributed by atoms with van der Waals surface area (Å²) in [5.74, 6) is -0.516. The first-order valence-electron chi connectivity index (χ1n) is 12.5. The van der Waals surface area contributed by atoms with Gasteiger partial charge >= 0.3 is 18.2 Å². The van der Waals surface area contributed by atoms with Crippen molar-refractivity contribution in [3.05, 3.63) is 35.9 Å². The number of nitrogens with one attached hydrogen (secondary N) is 1. The van der Waals surface area contributed by atoms with Gasteiger partial charge in [-0.2, -0.15) is 0 Å². The number of hydrogen-bond donors (Lipinski definition) is 1. The molecule has 1 aromatic rings. The molecule has 10 nitrogen and oxygen atoms in total. The number of ether oxygens (including phenoxy) is 3. The molecule has 2 atom stereocenters. The molecular weight excluding hydrogens is 466 g/mol. The number of carbonyl (C=O) groups is 4. The molecule has 2 fully saturated rings. The molecular formula is C26H37N3O7. The topological polar surface area (TPSA) is 114 Å². The summed E-state index contributed by atoms with van der Waals surface area (Å²) in [7, 11) is 0. The van der Waals surface area contributed by atoms with Gasteiger partial charge in [-0.05, 0) is 46.1 Å². The van der Waals surface area contributed by atoms with Crippen molar-refractivity contribution in [3.63, 3.8) is 0 Å². The van der Waals surface area contributed by atoms with Crippen molar-refractivity contribution in [1.82, 2.24) is 15.1 Å². The average Bonchev–Trinajstić information content (AvgIpc) is 3.67. The minimum atomic E-state index is -0.677. The summed E-state index contributed by atoms with van der Waals surface area (Å²) in [6.07, 6.45) is 0.00824. The van der Waals surface area contributed by atoms with Crippen LogP contribution in [0.1, 0.15) is 52.5 Å². The van der Waals surface area contributed by atoms with Gasteiger partial charge < -0.3 is 24.4 Å². The van der Waals surface area contributed by atoms with Gasteiger partial charge in [0.2, 0.25) is 5.91 Å². The number of nitrogens with zero attached hydrogens (tertiary/aromatic N) is 2. The molecule has 0 radical (unpaired) electrons. The molecule has 0 spiro atoms. The summed E-state index contributed by atoms with van der Waals surface area (Å²) < 4.78 is 16.3. The van der Waals surface area contributed by atoms with Gasteiger partial charge in [-0.25, -0.2) is 9.59 Å². The molecule has 3 amide bonds. The van der Waals surface area contributed by atoms with Gasteiger partial charge in [-0.1, -0.05) is 30.3 Å². The molecule has 3 rings (SSSR count). The lowest BCUT2D eigenvalue weighted by Gasteiger charge is -2.43. The van der Waals surface area contributed by atoms with Gasteiger partial charge in [0.15, 0.2) is 0 Å². The zero-order valence-electron chi connectivity index (χ0n) is 21.5. The molecule has 2 unspecified atom stereocenters. The van der Waals surface area contributed by atoms with Crippen molar-refractivity contribution in [3.8, 4) is 0 Å². The van der Waals surface area contributed by atoms with E-state index >= 15 is 0 Å². The van der Waals surface area contributed by atoms with Crippen LogP contribution in [-0.4, -0.2) is 77.8 Å². The first-order valence-corrected chi connectivity index (χ1v) is 12.5. The Labute approximate surface area is 212 Å². The Bertz CT molecular complexity index is 927. The van der Waals surface area contributed by atoms with E-state index in [9.17, 15) is 19.2 Å². The summed E-state index contributed by atoms with van der Waals surface area (Å²) in [5, 5.41) is 2.59. The summed E-state index contributed by atoms with van der Waals surface area (Å²) in [5.41, 5.74) is 0.192. The summed E-state index contributed by atoms with van der Waals surface area (Å²) >= 11 is 0. The van der Waals surface area contributed by atoms with Crippen LogP contribution in [0, 0.1) is 5.92 Å². The monoisotopic (exact) mass is 503 g/mol. The fraction of sp³-hybridized carbons (Fsp3) is 0.615. The Kier molecular flexibility index (Phi) is 9.17. The van der Waals surface area contributed by atoms with Gasteiger partial charge in [0.25, 0.3) is 0 Å². The molecule has 0 aromatic heterocycles. The number of benzene rings is 1. The van der Waals surface area contributed by atoms with Crippen molar-refractivity contribution in [2.45, 2.75) is 71.3 Å².